The molecular weight excluding hydrogens is 460 g/mol. The van der Waals surface area contributed by atoms with Crippen LogP contribution in [0.25, 0.3) is 5.57 Å². The Morgan fingerprint density at radius 1 is 1.12 bits per heavy atom. The number of carbonyl (C=O) groups excluding carboxylic acids is 1. The first-order valence-corrected chi connectivity index (χ1v) is 13.2. The fraction of sp³-hybridized carbons (Fsp3) is 0.480. The summed E-state index contributed by atoms with van der Waals surface area (Å²) in [7, 11) is -3.39. The number of nitrogens with one attached hydrogen (secondary N) is 1. The molecule has 3 saturated carbocycles. The van der Waals surface area contributed by atoms with Crippen molar-refractivity contribution in [3.05, 3.63) is 53.5 Å². The SMILES string of the molecule is Cc1cnc(NC(=O)/C(=C/[C@H]2CCC(F)(F)C2)c2ccc(S(=O)(=O)C3CC3)c(C3CC3)c2)cn1. The maximum Gasteiger partial charge on any atom is 0.257 e. The van der Waals surface area contributed by atoms with Gasteiger partial charge in [0.05, 0.1) is 28.2 Å². The number of anilines is 1. The Kier molecular flexibility index (Phi) is 5.78. The zero-order chi connectivity index (χ0) is 24.1. The molecule has 0 saturated heterocycles. The van der Waals surface area contributed by atoms with Gasteiger partial charge in [-0.15, -0.1) is 0 Å². The topological polar surface area (TPSA) is 89.0 Å². The standard InChI is InChI=1S/C25H27F2N3O3S/c1-15-13-29-23(14-28-15)30-24(31)21(10-16-8-9-25(26,27)12-16)18-4-7-22(20(11-18)17-2-3-17)34(32,33)19-5-6-19/h4,7,10-11,13-14,16-17,19H,2-3,5-6,8-9,12H2,1H3,(H,29,30,31)/b21-10+/t16-/m1/s1. The summed E-state index contributed by atoms with van der Waals surface area (Å²) in [5.74, 6) is -3.26. The van der Waals surface area contributed by atoms with Crippen LogP contribution in [-0.4, -0.2) is 35.5 Å². The third kappa shape index (κ3) is 4.89. The summed E-state index contributed by atoms with van der Waals surface area (Å²) in [6.45, 7) is 1.78. The smallest absolute Gasteiger partial charge is 0.257 e. The van der Waals surface area contributed by atoms with Gasteiger partial charge in [0.15, 0.2) is 15.7 Å². The van der Waals surface area contributed by atoms with Gasteiger partial charge in [0.25, 0.3) is 5.91 Å². The summed E-state index contributed by atoms with van der Waals surface area (Å²) in [5.41, 5.74) is 2.21. The number of rotatable bonds is 7. The molecule has 1 aromatic carbocycles. The summed E-state index contributed by atoms with van der Waals surface area (Å²) in [6.07, 6.45) is 7.50. The number of alkyl halides is 2. The Hall–Kier alpha value is -2.68. The Balaban J connectivity index is 1.52. The van der Waals surface area contributed by atoms with Crippen LogP contribution < -0.4 is 5.32 Å². The van der Waals surface area contributed by atoms with Crippen molar-refractivity contribution < 1.29 is 22.0 Å². The second-order valence-corrected chi connectivity index (χ2v) is 11.9. The number of halogens is 2. The first-order chi connectivity index (χ1) is 16.1. The number of sulfone groups is 1. The van der Waals surface area contributed by atoms with Crippen molar-refractivity contribution in [1.29, 1.82) is 0 Å². The van der Waals surface area contributed by atoms with Crippen molar-refractivity contribution in [2.45, 2.75) is 73.9 Å². The van der Waals surface area contributed by atoms with Crippen LogP contribution in [0.5, 0.6) is 0 Å². The van der Waals surface area contributed by atoms with Gasteiger partial charge >= 0.3 is 0 Å². The highest BCUT2D eigenvalue weighted by molar-refractivity contribution is 7.92. The minimum absolute atomic E-state index is 0.145. The van der Waals surface area contributed by atoms with Crippen LogP contribution >= 0.6 is 0 Å². The number of hydrogen-bond donors (Lipinski definition) is 1. The van der Waals surface area contributed by atoms with Crippen LogP contribution in [0, 0.1) is 12.8 Å². The van der Waals surface area contributed by atoms with Gasteiger partial charge in [0, 0.05) is 18.4 Å². The van der Waals surface area contributed by atoms with E-state index < -0.39 is 27.6 Å². The summed E-state index contributed by atoms with van der Waals surface area (Å²) >= 11 is 0. The molecule has 0 spiro atoms. The second kappa shape index (κ2) is 8.52. The third-order valence-electron chi connectivity index (χ3n) is 6.72. The molecule has 3 aliphatic carbocycles. The number of allylic oxidation sites excluding steroid dienone is 1. The van der Waals surface area contributed by atoms with Crippen molar-refractivity contribution in [1.82, 2.24) is 9.97 Å². The molecule has 0 unspecified atom stereocenters. The first-order valence-electron chi connectivity index (χ1n) is 11.7. The van der Waals surface area contributed by atoms with Gasteiger partial charge in [-0.05, 0) is 74.1 Å². The number of benzene rings is 1. The zero-order valence-corrected chi connectivity index (χ0v) is 19.7. The molecule has 3 aliphatic rings. The molecule has 180 valence electrons. The molecular formula is C25H27F2N3O3S. The number of aromatic nitrogens is 2. The molecule has 0 bridgehead atoms. The lowest BCUT2D eigenvalue weighted by molar-refractivity contribution is -0.111. The number of carbonyl (C=O) groups is 1. The Bertz CT molecular complexity index is 1250. The van der Waals surface area contributed by atoms with Gasteiger partial charge in [0.2, 0.25) is 5.92 Å². The number of amides is 1. The van der Waals surface area contributed by atoms with E-state index in [1.807, 2.05) is 0 Å². The number of nitrogens with zero attached hydrogens (tertiary/aromatic N) is 2. The third-order valence-corrected chi connectivity index (χ3v) is 9.05. The Morgan fingerprint density at radius 2 is 1.88 bits per heavy atom. The molecule has 9 heteroatoms. The molecule has 3 fully saturated rings. The fourth-order valence-electron chi connectivity index (χ4n) is 4.55. The minimum atomic E-state index is -3.39. The number of hydrogen-bond acceptors (Lipinski definition) is 5. The van der Waals surface area contributed by atoms with E-state index in [9.17, 15) is 22.0 Å². The predicted molar refractivity (Wildman–Crippen MR) is 124 cm³/mol. The molecule has 1 N–H and O–H groups in total. The summed E-state index contributed by atoms with van der Waals surface area (Å²) in [6, 6.07) is 4.99. The van der Waals surface area contributed by atoms with E-state index in [-0.39, 0.29) is 41.8 Å². The Labute approximate surface area is 197 Å². The van der Waals surface area contributed by atoms with E-state index in [2.05, 4.69) is 15.3 Å². The minimum Gasteiger partial charge on any atom is -0.305 e. The quantitative estimate of drug-likeness (QED) is 0.552. The van der Waals surface area contributed by atoms with Gasteiger partial charge < -0.3 is 5.32 Å². The molecule has 34 heavy (non-hydrogen) atoms. The highest BCUT2D eigenvalue weighted by Gasteiger charge is 2.41. The van der Waals surface area contributed by atoms with Gasteiger partial charge in [-0.2, -0.15) is 0 Å². The molecule has 1 heterocycles. The first kappa shape index (κ1) is 23.1. The van der Waals surface area contributed by atoms with Gasteiger partial charge in [-0.3, -0.25) is 9.78 Å². The summed E-state index contributed by atoms with van der Waals surface area (Å²) in [4.78, 5) is 21.9. The van der Waals surface area contributed by atoms with Crippen molar-refractivity contribution in [3.8, 4) is 0 Å². The van der Waals surface area contributed by atoms with E-state index in [1.165, 1.54) is 12.4 Å². The van der Waals surface area contributed by atoms with E-state index in [1.54, 1.807) is 31.2 Å². The molecule has 1 atom stereocenters. The van der Waals surface area contributed by atoms with Crippen molar-refractivity contribution in [3.63, 3.8) is 0 Å². The maximum absolute atomic E-state index is 13.9. The van der Waals surface area contributed by atoms with Crippen LogP contribution in [-0.2, 0) is 14.6 Å². The Morgan fingerprint density at radius 3 is 2.47 bits per heavy atom. The monoisotopic (exact) mass is 487 g/mol. The van der Waals surface area contributed by atoms with Crippen molar-refractivity contribution in [2.24, 2.45) is 5.92 Å². The lowest BCUT2D eigenvalue weighted by Gasteiger charge is -2.15. The maximum atomic E-state index is 13.9. The normalized spacial score (nSPS) is 22.6. The second-order valence-electron chi connectivity index (χ2n) is 9.71. The van der Waals surface area contributed by atoms with Gasteiger partial charge in [-0.25, -0.2) is 22.2 Å². The largest absolute Gasteiger partial charge is 0.305 e. The average Bonchev–Trinajstić information content (AvgIpc) is 3.69. The van der Waals surface area contributed by atoms with Crippen molar-refractivity contribution in [2.75, 3.05) is 5.32 Å². The van der Waals surface area contributed by atoms with Crippen LogP contribution in [0.3, 0.4) is 0 Å². The highest BCUT2D eigenvalue weighted by atomic mass is 32.2. The molecule has 1 amide bonds. The lowest BCUT2D eigenvalue weighted by atomic mass is 9.95. The van der Waals surface area contributed by atoms with E-state index in [0.29, 0.717) is 29.0 Å². The van der Waals surface area contributed by atoms with E-state index in [0.717, 1.165) is 18.4 Å². The summed E-state index contributed by atoms with van der Waals surface area (Å²) < 4.78 is 53.7. The van der Waals surface area contributed by atoms with E-state index in [4.69, 9.17) is 0 Å². The highest BCUT2D eigenvalue weighted by Crippen LogP contribution is 2.47. The van der Waals surface area contributed by atoms with Crippen LogP contribution in [0.2, 0.25) is 0 Å². The lowest BCUT2D eigenvalue weighted by Crippen LogP contribution is -2.17. The number of aryl methyl sites for hydroxylation is 1. The fourth-order valence-corrected chi connectivity index (χ4v) is 6.48. The summed E-state index contributed by atoms with van der Waals surface area (Å²) in [5, 5.41) is 2.39. The predicted octanol–water partition coefficient (Wildman–Crippen LogP) is 5.06. The van der Waals surface area contributed by atoms with Crippen LogP contribution in [0.1, 0.15) is 67.7 Å². The van der Waals surface area contributed by atoms with Crippen molar-refractivity contribution >= 4 is 27.1 Å². The van der Waals surface area contributed by atoms with Gasteiger partial charge in [-0.1, -0.05) is 12.1 Å². The van der Waals surface area contributed by atoms with Crippen LogP contribution in [0.4, 0.5) is 14.6 Å². The molecule has 6 nitrogen and oxygen atoms in total. The zero-order valence-electron chi connectivity index (χ0n) is 18.9. The molecule has 5 rings (SSSR count). The molecule has 0 radical (unpaired) electrons. The van der Waals surface area contributed by atoms with Crippen LogP contribution in [0.15, 0.2) is 41.6 Å². The van der Waals surface area contributed by atoms with E-state index >= 15 is 0 Å². The van der Waals surface area contributed by atoms with Gasteiger partial charge in [0.1, 0.15) is 0 Å². The molecule has 0 aliphatic heterocycles. The molecule has 1 aromatic heterocycles. The molecule has 2 aromatic rings. The average molecular weight is 488 g/mol.